The molecular formula is C42H48N12O6S2. The number of nitrogens with one attached hydrogen (secondary N) is 4. The fourth-order valence-electron chi connectivity index (χ4n) is 6.17. The quantitative estimate of drug-likeness (QED) is 0.0354. The van der Waals surface area contributed by atoms with Gasteiger partial charge in [-0.1, -0.05) is 59.7 Å². The normalized spacial score (nSPS) is 11.7. The molecule has 6 N–H and O–H groups in total. The predicted molar refractivity (Wildman–Crippen MR) is 244 cm³/mol. The van der Waals surface area contributed by atoms with Gasteiger partial charge >= 0.3 is 0 Å². The number of rotatable bonds is 18. The van der Waals surface area contributed by atoms with Gasteiger partial charge in [0.05, 0.1) is 0 Å². The summed E-state index contributed by atoms with van der Waals surface area (Å²) in [6.07, 6.45) is 2.61. The van der Waals surface area contributed by atoms with Gasteiger partial charge in [0.2, 0.25) is 35.7 Å². The maximum Gasteiger partial charge on any atom is 0.295 e. The van der Waals surface area contributed by atoms with Crippen molar-refractivity contribution in [2.45, 2.75) is 51.3 Å². The highest BCUT2D eigenvalue weighted by Crippen LogP contribution is 2.29. The first-order valence-electron chi connectivity index (χ1n) is 19.7. The molecule has 6 rings (SSSR count). The third-order valence-electron chi connectivity index (χ3n) is 9.49. The van der Waals surface area contributed by atoms with E-state index in [1.54, 1.807) is 12.1 Å². The lowest BCUT2D eigenvalue weighted by molar-refractivity contribution is 0.480. The van der Waals surface area contributed by atoms with Crippen LogP contribution < -0.4 is 31.1 Å². The second-order valence-electron chi connectivity index (χ2n) is 13.9. The van der Waals surface area contributed by atoms with Crippen LogP contribution in [0.4, 0.5) is 58.4 Å². The highest BCUT2D eigenvalue weighted by atomic mass is 32.2. The molecule has 18 nitrogen and oxygen atoms in total. The number of benzene rings is 4. The molecule has 4 aromatic carbocycles. The lowest BCUT2D eigenvalue weighted by Crippen LogP contribution is -2.25. The average Bonchev–Trinajstić information content (AvgIpc) is 3.22. The Morgan fingerprint density at radius 1 is 0.468 bits per heavy atom. The van der Waals surface area contributed by atoms with Gasteiger partial charge in [-0.15, -0.1) is 0 Å². The summed E-state index contributed by atoms with van der Waals surface area (Å²) in [5.41, 5.74) is 4.15. The maximum atomic E-state index is 12.7. The zero-order valence-corrected chi connectivity index (χ0v) is 36.6. The molecule has 0 saturated carbocycles. The monoisotopic (exact) mass is 880 g/mol. The van der Waals surface area contributed by atoms with Crippen LogP contribution in [0.3, 0.4) is 0 Å². The first-order valence-corrected chi connectivity index (χ1v) is 22.6. The SMILES string of the molecule is CCN(CC)c1nc(Nc2ccc(C)cc2)nc(Nc2ccc(C=Cc3ccc(Nc4nc(Nc5ccc(C)cc5)nc(N(CC)CC)n4)cc3S(=O)(=O)O)c(S(=O)(=O)O)c2)n1. The van der Waals surface area contributed by atoms with Crippen LogP contribution in [-0.4, -0.2) is 82.0 Å². The fourth-order valence-corrected chi connectivity index (χ4v) is 7.58. The van der Waals surface area contributed by atoms with Crippen LogP contribution in [0.2, 0.25) is 0 Å². The molecule has 0 atom stereocenters. The number of anilines is 10. The molecular weight excluding hydrogens is 833 g/mol. The van der Waals surface area contributed by atoms with Crippen molar-refractivity contribution in [3.8, 4) is 0 Å². The Bertz CT molecular complexity index is 2590. The van der Waals surface area contributed by atoms with Crippen molar-refractivity contribution < 1.29 is 25.9 Å². The highest BCUT2D eigenvalue weighted by molar-refractivity contribution is 7.86. The number of nitrogens with zero attached hydrogens (tertiary/aromatic N) is 8. The minimum atomic E-state index is -4.82. The second-order valence-corrected chi connectivity index (χ2v) is 16.7. The van der Waals surface area contributed by atoms with Gasteiger partial charge in [0.1, 0.15) is 9.79 Å². The predicted octanol–water partition coefficient (Wildman–Crippen LogP) is 8.00. The summed E-state index contributed by atoms with van der Waals surface area (Å²) in [4.78, 5) is 30.1. The molecule has 6 aromatic rings. The molecule has 0 aliphatic heterocycles. The first kappa shape index (κ1) is 44.8. The standard InChI is InChI=1S/C42H48N12O6S2/c1-7-53(8-2)41-49-37(43-31-19-11-27(5)12-20-31)47-39(51-41)45-33-23-17-29(35(25-33)61(55,56)57)15-16-30-18-24-34(26-36(30)62(58,59)60)46-40-48-38(44-32-21-13-28(6)14-22-32)50-42(52-40)54(9-3)10-4/h11-26H,7-10H2,1-6H3,(H,55,56,57)(H,58,59,60)(H2,43,45,47,49,51)(H2,44,46,48,50,52). The lowest BCUT2D eigenvalue weighted by Gasteiger charge is -2.20. The molecule has 0 bridgehead atoms. The van der Waals surface area contributed by atoms with Crippen molar-refractivity contribution in [1.29, 1.82) is 0 Å². The van der Waals surface area contributed by atoms with E-state index in [1.165, 1.54) is 36.4 Å². The van der Waals surface area contributed by atoms with E-state index in [1.807, 2.05) is 99.9 Å². The zero-order valence-electron chi connectivity index (χ0n) is 35.0. The molecule has 0 unspecified atom stereocenters. The van der Waals surface area contributed by atoms with Crippen LogP contribution in [0, 0.1) is 13.8 Å². The van der Waals surface area contributed by atoms with Crippen LogP contribution in [0.1, 0.15) is 49.9 Å². The molecule has 2 heterocycles. The topological polar surface area (TPSA) is 241 Å². The summed E-state index contributed by atoms with van der Waals surface area (Å²) < 4.78 is 71.5. The Morgan fingerprint density at radius 3 is 1.05 bits per heavy atom. The van der Waals surface area contributed by atoms with Gasteiger partial charge < -0.3 is 31.1 Å². The van der Waals surface area contributed by atoms with E-state index in [4.69, 9.17) is 0 Å². The highest BCUT2D eigenvalue weighted by Gasteiger charge is 2.20. The Morgan fingerprint density at radius 2 is 0.758 bits per heavy atom. The van der Waals surface area contributed by atoms with Crippen molar-refractivity contribution in [3.63, 3.8) is 0 Å². The minimum absolute atomic E-state index is 0.0190. The Hall–Kier alpha value is -6.74. The summed E-state index contributed by atoms with van der Waals surface area (Å²) in [6, 6.07) is 23.6. The zero-order chi connectivity index (χ0) is 44.6. The number of aryl methyl sites for hydroxylation is 2. The molecule has 0 fully saturated rings. The molecule has 0 aliphatic carbocycles. The fraction of sp³-hybridized carbons (Fsp3) is 0.238. The van der Waals surface area contributed by atoms with Crippen molar-refractivity contribution in [1.82, 2.24) is 29.9 Å². The second kappa shape index (κ2) is 19.3. The average molecular weight is 881 g/mol. The number of hydrogen-bond donors (Lipinski definition) is 6. The van der Waals surface area contributed by atoms with Crippen molar-refractivity contribution >= 4 is 90.8 Å². The van der Waals surface area contributed by atoms with E-state index in [2.05, 4.69) is 51.2 Å². The van der Waals surface area contributed by atoms with Crippen molar-refractivity contribution in [3.05, 3.63) is 107 Å². The lowest BCUT2D eigenvalue weighted by atomic mass is 10.1. The summed E-state index contributed by atoms with van der Waals surface area (Å²) in [6.45, 7) is 14.2. The largest absolute Gasteiger partial charge is 0.341 e. The van der Waals surface area contributed by atoms with Crippen LogP contribution in [0.15, 0.2) is 94.7 Å². The van der Waals surface area contributed by atoms with Gasteiger partial charge in [0.15, 0.2) is 0 Å². The van der Waals surface area contributed by atoms with Gasteiger partial charge in [0, 0.05) is 48.9 Å². The molecule has 324 valence electrons. The van der Waals surface area contributed by atoms with Crippen LogP contribution in [-0.2, 0) is 20.2 Å². The van der Waals surface area contributed by atoms with Gasteiger partial charge in [0.25, 0.3) is 20.2 Å². The van der Waals surface area contributed by atoms with Crippen molar-refractivity contribution in [2.24, 2.45) is 0 Å². The summed E-state index contributed by atoms with van der Waals surface area (Å²) in [5.74, 6) is 1.46. The Kier molecular flexibility index (Phi) is 14.0. The molecule has 0 spiro atoms. The summed E-state index contributed by atoms with van der Waals surface area (Å²) >= 11 is 0. The van der Waals surface area contributed by atoms with E-state index in [-0.39, 0.29) is 46.3 Å². The Labute approximate surface area is 361 Å². The molecule has 62 heavy (non-hydrogen) atoms. The number of hydrogen-bond acceptors (Lipinski definition) is 16. The molecule has 0 amide bonds. The first-order chi connectivity index (χ1) is 29.5. The van der Waals surface area contributed by atoms with Crippen LogP contribution >= 0.6 is 0 Å². The van der Waals surface area contributed by atoms with Crippen molar-refractivity contribution in [2.75, 3.05) is 57.2 Å². The number of aromatic nitrogens is 6. The third kappa shape index (κ3) is 11.5. The molecule has 0 aliphatic rings. The molecule has 20 heteroatoms. The summed E-state index contributed by atoms with van der Waals surface area (Å²) in [5, 5.41) is 12.4. The van der Waals surface area contributed by atoms with Crippen LogP contribution in [0.5, 0.6) is 0 Å². The van der Waals surface area contributed by atoms with Gasteiger partial charge in [-0.2, -0.15) is 46.7 Å². The van der Waals surface area contributed by atoms with E-state index < -0.39 is 30.0 Å². The Balaban J connectivity index is 1.29. The minimum Gasteiger partial charge on any atom is -0.341 e. The molecule has 2 aromatic heterocycles. The molecule has 0 saturated heterocycles. The van der Waals surface area contributed by atoms with E-state index in [0.29, 0.717) is 38.1 Å². The van der Waals surface area contributed by atoms with E-state index >= 15 is 0 Å². The third-order valence-corrected chi connectivity index (χ3v) is 11.3. The van der Waals surface area contributed by atoms with E-state index in [9.17, 15) is 25.9 Å². The van der Waals surface area contributed by atoms with Crippen LogP contribution in [0.25, 0.3) is 12.2 Å². The van der Waals surface area contributed by atoms with Gasteiger partial charge in [-0.3, -0.25) is 9.11 Å². The smallest absolute Gasteiger partial charge is 0.295 e. The van der Waals surface area contributed by atoms with E-state index in [0.717, 1.165) is 22.5 Å². The molecule has 0 radical (unpaired) electrons. The van der Waals surface area contributed by atoms with Gasteiger partial charge in [-0.25, -0.2) is 0 Å². The van der Waals surface area contributed by atoms with Gasteiger partial charge in [-0.05, 0) is 101 Å². The summed E-state index contributed by atoms with van der Waals surface area (Å²) in [7, 11) is -9.65. The maximum absolute atomic E-state index is 12.7.